The minimum atomic E-state index is -3.00. The number of rotatable bonds is 7. The van der Waals surface area contributed by atoms with Crippen LogP contribution in [0.15, 0.2) is 54.7 Å². The van der Waals surface area contributed by atoms with Crippen LogP contribution in [0.1, 0.15) is 50.9 Å². The molecule has 16 heteroatoms. The van der Waals surface area contributed by atoms with Gasteiger partial charge in [-0.05, 0) is 45.0 Å². The summed E-state index contributed by atoms with van der Waals surface area (Å²) >= 11 is 6.54. The Morgan fingerprint density at radius 2 is 1.78 bits per heavy atom. The first kappa shape index (κ1) is 35.3. The first-order chi connectivity index (χ1) is 23.0. The van der Waals surface area contributed by atoms with E-state index in [1.165, 1.54) is 40.3 Å². The van der Waals surface area contributed by atoms with Crippen molar-refractivity contribution in [2.45, 2.75) is 63.3 Å². The number of anilines is 2. The Morgan fingerprint density at radius 3 is 2.39 bits per heavy atom. The summed E-state index contributed by atoms with van der Waals surface area (Å²) in [5.41, 5.74) is -1.29. The molecule has 2 aliphatic rings. The zero-order chi connectivity index (χ0) is 35.7. The summed E-state index contributed by atoms with van der Waals surface area (Å²) < 4.78 is 62.7. The third-order valence-corrected chi connectivity index (χ3v) is 8.18. The van der Waals surface area contributed by atoms with Crippen molar-refractivity contribution in [3.8, 4) is 6.07 Å². The number of benzene rings is 2. The Labute approximate surface area is 284 Å². The smallest absolute Gasteiger partial charge is 0.410 e. The lowest BCUT2D eigenvalue weighted by molar-refractivity contribution is -0.133. The second kappa shape index (κ2) is 13.9. The number of nitrogens with zero attached hydrogens (tertiary/aromatic N) is 6. The molecule has 2 atom stereocenters. The highest BCUT2D eigenvalue weighted by Crippen LogP contribution is 2.39. The molecule has 11 nitrogen and oxygen atoms in total. The van der Waals surface area contributed by atoms with Crippen molar-refractivity contribution >= 4 is 41.1 Å². The zero-order valence-corrected chi connectivity index (χ0v) is 27.4. The summed E-state index contributed by atoms with van der Waals surface area (Å²) in [6.45, 7) is 4.59. The van der Waals surface area contributed by atoms with Gasteiger partial charge in [-0.25, -0.2) is 32.3 Å². The van der Waals surface area contributed by atoms with E-state index in [0.29, 0.717) is 6.07 Å². The minimum Gasteiger partial charge on any atom is -0.444 e. The molecule has 2 aromatic carbocycles. The minimum absolute atomic E-state index is 0.00259. The lowest BCUT2D eigenvalue weighted by atomic mass is 9.87. The molecule has 1 saturated heterocycles. The monoisotopic (exact) mass is 701 g/mol. The molecule has 1 aliphatic carbocycles. The second-order valence-corrected chi connectivity index (χ2v) is 13.1. The number of amides is 3. The highest BCUT2D eigenvalue weighted by atomic mass is 35.5. The molecule has 0 radical (unpaired) electrons. The number of hydrogen-bond donors (Lipinski definition) is 1. The fraction of sp³-hybridized carbons (Fsp3) is 0.394. The van der Waals surface area contributed by atoms with Crippen molar-refractivity contribution < 1.29 is 36.7 Å². The van der Waals surface area contributed by atoms with E-state index in [9.17, 15) is 32.4 Å². The molecular formula is C33H32ClF4N7O4. The van der Waals surface area contributed by atoms with Crippen LogP contribution in [0.5, 0.6) is 0 Å². The molecule has 1 saturated carbocycles. The number of hydrogen-bond acceptors (Lipinski definition) is 8. The number of piperazine rings is 1. The molecule has 5 rings (SSSR count). The summed E-state index contributed by atoms with van der Waals surface area (Å²) in [7, 11) is 0. The predicted molar refractivity (Wildman–Crippen MR) is 170 cm³/mol. The Hall–Kier alpha value is -4.97. The van der Waals surface area contributed by atoms with Gasteiger partial charge in [-0.2, -0.15) is 5.26 Å². The fourth-order valence-corrected chi connectivity index (χ4v) is 5.89. The van der Waals surface area contributed by atoms with Crippen molar-refractivity contribution in [2.24, 2.45) is 0 Å². The van der Waals surface area contributed by atoms with Gasteiger partial charge in [0.05, 0.1) is 12.2 Å². The molecular weight excluding hydrogens is 670 g/mol. The van der Waals surface area contributed by atoms with Crippen LogP contribution in [-0.4, -0.2) is 76.0 Å². The van der Waals surface area contributed by atoms with Crippen molar-refractivity contribution in [2.75, 3.05) is 29.4 Å². The normalized spacial score (nSPS) is 18.1. The Morgan fingerprint density at radius 1 is 1.10 bits per heavy atom. The van der Waals surface area contributed by atoms with Gasteiger partial charge in [0.2, 0.25) is 11.9 Å². The van der Waals surface area contributed by atoms with Crippen LogP contribution in [0, 0.1) is 23.0 Å². The van der Waals surface area contributed by atoms with Crippen LogP contribution in [0.3, 0.4) is 0 Å². The third kappa shape index (κ3) is 8.19. The topological polar surface area (TPSA) is 132 Å². The molecule has 49 heavy (non-hydrogen) atoms. The molecule has 2 heterocycles. The molecule has 0 bridgehead atoms. The van der Waals surface area contributed by atoms with E-state index < -0.39 is 77.7 Å². The van der Waals surface area contributed by atoms with Crippen LogP contribution < -0.4 is 15.1 Å². The van der Waals surface area contributed by atoms with Gasteiger partial charge in [0, 0.05) is 54.8 Å². The largest absolute Gasteiger partial charge is 0.444 e. The first-order valence-corrected chi connectivity index (χ1v) is 15.6. The van der Waals surface area contributed by atoms with Gasteiger partial charge in [0.15, 0.2) is 0 Å². The van der Waals surface area contributed by atoms with Gasteiger partial charge >= 0.3 is 6.09 Å². The van der Waals surface area contributed by atoms with Crippen molar-refractivity contribution in [3.63, 3.8) is 0 Å². The van der Waals surface area contributed by atoms with Gasteiger partial charge in [0.25, 0.3) is 11.8 Å². The summed E-state index contributed by atoms with van der Waals surface area (Å²) in [6.07, 6.45) is -0.753. The Kier molecular flexibility index (Phi) is 10.0. The summed E-state index contributed by atoms with van der Waals surface area (Å²) in [5, 5.41) is 12.0. The lowest BCUT2D eigenvalue weighted by Gasteiger charge is -2.44. The van der Waals surface area contributed by atoms with Crippen molar-refractivity contribution in [1.29, 1.82) is 5.26 Å². The van der Waals surface area contributed by atoms with Crippen molar-refractivity contribution in [3.05, 3.63) is 82.6 Å². The maximum Gasteiger partial charge on any atom is 0.410 e. The molecule has 1 unspecified atom stereocenters. The molecule has 0 spiro atoms. The van der Waals surface area contributed by atoms with E-state index in [2.05, 4.69) is 15.3 Å². The number of alkyl halides is 2. The summed E-state index contributed by atoms with van der Waals surface area (Å²) in [5.74, 6) is -7.12. The fourth-order valence-electron chi connectivity index (χ4n) is 5.66. The van der Waals surface area contributed by atoms with Crippen LogP contribution in [0.4, 0.5) is 34.0 Å². The van der Waals surface area contributed by atoms with E-state index in [4.69, 9.17) is 16.3 Å². The number of carbonyl (C=O) groups is 3. The van der Waals surface area contributed by atoms with E-state index in [1.54, 1.807) is 26.8 Å². The number of aromatic nitrogens is 2. The molecule has 258 valence electrons. The Balaban J connectivity index is 1.65. The third-order valence-electron chi connectivity index (χ3n) is 7.84. The summed E-state index contributed by atoms with van der Waals surface area (Å²) in [6, 6.07) is 7.31. The van der Waals surface area contributed by atoms with E-state index in [-0.39, 0.29) is 41.9 Å². The number of nitrogens with one attached hydrogen (secondary N) is 1. The zero-order valence-electron chi connectivity index (χ0n) is 26.7. The van der Waals surface area contributed by atoms with E-state index in [0.717, 1.165) is 17.0 Å². The molecule has 2 fully saturated rings. The first-order valence-electron chi connectivity index (χ1n) is 15.2. The SMILES string of the molecule is CC(C)(C)OC(=O)N1CCN(c2nccc(C#N)n2)[C@H](C(=O)N(c2cc(F)cc(F)c2)C(C(=O)NC2CC(F)(F)C2)c2ccccc2Cl)C1. The average molecular weight is 702 g/mol. The quantitative estimate of drug-likeness (QED) is 0.325. The maximum atomic E-state index is 15.0. The van der Waals surface area contributed by atoms with E-state index in [1.807, 2.05) is 6.07 Å². The average Bonchev–Trinajstić information content (AvgIpc) is 3.01. The standard InChI is InChI=1S/C33H32ClF4N7O4/c1-32(2,3)49-31(48)43-10-11-44(30-40-9-8-21(17-39)42-30)26(18-43)29(47)45(23-13-19(35)12-20(36)14-23)27(24-6-4-5-7-25(24)34)28(46)41-22-15-33(37,38)16-22/h4-9,12-14,22,26-27H,10-11,15-16,18H2,1-3H3,(H,41,46)/t26-,27?/m0/s1. The molecule has 1 aliphatic heterocycles. The van der Waals surface area contributed by atoms with Gasteiger partial charge in [-0.1, -0.05) is 29.8 Å². The van der Waals surface area contributed by atoms with Crippen molar-refractivity contribution in [1.82, 2.24) is 20.2 Å². The molecule has 3 amide bonds. The highest BCUT2D eigenvalue weighted by Gasteiger charge is 2.48. The van der Waals surface area contributed by atoms with Gasteiger partial charge in [-0.15, -0.1) is 0 Å². The van der Waals surface area contributed by atoms with Gasteiger partial charge in [0.1, 0.15) is 41.1 Å². The summed E-state index contributed by atoms with van der Waals surface area (Å²) in [4.78, 5) is 54.2. The highest BCUT2D eigenvalue weighted by molar-refractivity contribution is 6.31. The molecule has 3 aromatic rings. The van der Waals surface area contributed by atoms with Gasteiger partial charge in [-0.3, -0.25) is 14.5 Å². The van der Waals surface area contributed by atoms with E-state index >= 15 is 4.79 Å². The Bertz CT molecular complexity index is 1770. The number of carbonyl (C=O) groups excluding carboxylic acids is 3. The second-order valence-electron chi connectivity index (χ2n) is 12.7. The predicted octanol–water partition coefficient (Wildman–Crippen LogP) is 5.39. The molecule has 1 aromatic heterocycles. The maximum absolute atomic E-state index is 15.0. The van der Waals surface area contributed by atoms with Crippen LogP contribution in [-0.2, 0) is 14.3 Å². The number of nitriles is 1. The molecule has 1 N–H and O–H groups in total. The number of halogens is 5. The number of ether oxygens (including phenoxy) is 1. The van der Waals surface area contributed by atoms with Crippen LogP contribution >= 0.6 is 11.6 Å². The lowest BCUT2D eigenvalue weighted by Crippen LogP contribution is -2.63. The van der Waals surface area contributed by atoms with Crippen LogP contribution in [0.2, 0.25) is 5.02 Å². The van der Waals surface area contributed by atoms with Gasteiger partial charge < -0.3 is 19.9 Å². The van der Waals surface area contributed by atoms with Crippen LogP contribution in [0.25, 0.3) is 0 Å².